The van der Waals surface area contributed by atoms with E-state index in [1.165, 1.54) is 0 Å². The number of hydrogen-bond acceptors (Lipinski definition) is 5. The number of alkyl halides is 3. The van der Waals surface area contributed by atoms with E-state index in [0.717, 1.165) is 13.1 Å². The van der Waals surface area contributed by atoms with Gasteiger partial charge in [0.25, 0.3) is 0 Å². The van der Waals surface area contributed by atoms with Crippen molar-refractivity contribution < 1.29 is 13.2 Å². The molecule has 0 amide bonds. The summed E-state index contributed by atoms with van der Waals surface area (Å²) < 4.78 is 39.3. The first-order chi connectivity index (χ1) is 9.45. The summed E-state index contributed by atoms with van der Waals surface area (Å²) in [7, 11) is 1.99. The molecule has 20 heavy (non-hydrogen) atoms. The van der Waals surface area contributed by atoms with Crippen LogP contribution in [0.4, 0.5) is 19.1 Å². The Morgan fingerprint density at radius 2 is 1.75 bits per heavy atom. The summed E-state index contributed by atoms with van der Waals surface area (Å²) in [5.41, 5.74) is -0.127. The van der Waals surface area contributed by atoms with Gasteiger partial charge >= 0.3 is 6.18 Å². The molecule has 1 aromatic rings. The predicted molar refractivity (Wildman–Crippen MR) is 67.3 cm³/mol. The Morgan fingerprint density at radius 3 is 2.40 bits per heavy atom. The summed E-state index contributed by atoms with van der Waals surface area (Å²) in [6.07, 6.45) is -4.43. The van der Waals surface area contributed by atoms with Gasteiger partial charge in [-0.3, -0.25) is 0 Å². The number of hydrogen-bond donors (Lipinski definition) is 1. The molecule has 0 aromatic carbocycles. The normalized spacial score (nSPS) is 20.3. The second kappa shape index (κ2) is 4.85. The van der Waals surface area contributed by atoms with Gasteiger partial charge in [-0.05, 0) is 7.05 Å². The van der Waals surface area contributed by atoms with E-state index in [9.17, 15) is 13.2 Å². The number of fused-ring (bicyclic) bond motifs is 1. The van der Waals surface area contributed by atoms with Crippen LogP contribution in [0.3, 0.4) is 0 Å². The molecule has 1 saturated heterocycles. The van der Waals surface area contributed by atoms with Crippen LogP contribution < -0.4 is 10.2 Å². The summed E-state index contributed by atoms with van der Waals surface area (Å²) in [5.74, 6) is 0.202. The first-order valence-electron chi connectivity index (χ1n) is 6.56. The van der Waals surface area contributed by atoms with E-state index < -0.39 is 11.9 Å². The van der Waals surface area contributed by atoms with Crippen molar-refractivity contribution in [3.63, 3.8) is 0 Å². The molecule has 0 spiro atoms. The van der Waals surface area contributed by atoms with E-state index in [-0.39, 0.29) is 18.1 Å². The Hall–Kier alpha value is -1.41. The van der Waals surface area contributed by atoms with E-state index in [4.69, 9.17) is 0 Å². The minimum Gasteiger partial charge on any atom is -0.338 e. The highest BCUT2D eigenvalue weighted by Crippen LogP contribution is 2.34. The molecule has 0 bridgehead atoms. The Bertz CT molecular complexity index is 509. The molecule has 1 aromatic heterocycles. The molecule has 8 heteroatoms. The van der Waals surface area contributed by atoms with E-state index in [1.54, 1.807) is 0 Å². The zero-order valence-electron chi connectivity index (χ0n) is 11.2. The highest BCUT2D eigenvalue weighted by atomic mass is 19.4. The second-order valence-corrected chi connectivity index (χ2v) is 5.19. The monoisotopic (exact) mass is 287 g/mol. The minimum absolute atomic E-state index is 0.188. The number of aromatic nitrogens is 2. The van der Waals surface area contributed by atoms with E-state index >= 15 is 0 Å². The lowest BCUT2D eigenvalue weighted by molar-refractivity contribution is -0.141. The van der Waals surface area contributed by atoms with Crippen LogP contribution in [0.15, 0.2) is 0 Å². The van der Waals surface area contributed by atoms with Crippen LogP contribution in [0.2, 0.25) is 0 Å². The Balaban J connectivity index is 1.96. The summed E-state index contributed by atoms with van der Waals surface area (Å²) in [5, 5.41) is 2.91. The zero-order valence-corrected chi connectivity index (χ0v) is 11.2. The molecule has 3 rings (SSSR count). The standard InChI is InChI=1S/C12H16F3N5/c1-19-2-4-20(5-3-19)11-17-9-7-16-6-8(9)10(18-11)12(13,14)15/h16H,2-7H2,1H3. The van der Waals surface area contributed by atoms with Gasteiger partial charge in [0.2, 0.25) is 5.95 Å². The van der Waals surface area contributed by atoms with Crippen LogP contribution in [0, 0.1) is 0 Å². The van der Waals surface area contributed by atoms with E-state index in [0.29, 0.717) is 25.3 Å². The number of halogens is 3. The third kappa shape index (κ3) is 2.45. The maximum atomic E-state index is 13.1. The smallest absolute Gasteiger partial charge is 0.338 e. The number of nitrogens with one attached hydrogen (secondary N) is 1. The molecule has 0 aliphatic carbocycles. The van der Waals surface area contributed by atoms with Crippen LogP contribution >= 0.6 is 0 Å². The molecular formula is C12H16F3N5. The zero-order chi connectivity index (χ0) is 14.3. The number of nitrogens with zero attached hydrogens (tertiary/aromatic N) is 4. The maximum absolute atomic E-state index is 13.1. The average Bonchev–Trinajstić information content (AvgIpc) is 2.85. The molecule has 2 aliphatic rings. The lowest BCUT2D eigenvalue weighted by atomic mass is 10.2. The van der Waals surface area contributed by atoms with Crippen molar-refractivity contribution in [2.75, 3.05) is 38.1 Å². The molecular weight excluding hydrogens is 271 g/mol. The molecule has 5 nitrogen and oxygen atoms in total. The molecule has 110 valence electrons. The Morgan fingerprint density at radius 1 is 1.05 bits per heavy atom. The van der Waals surface area contributed by atoms with Crippen molar-refractivity contribution in [3.8, 4) is 0 Å². The van der Waals surface area contributed by atoms with Crippen molar-refractivity contribution >= 4 is 5.95 Å². The lowest BCUT2D eigenvalue weighted by Crippen LogP contribution is -2.45. The summed E-state index contributed by atoms with van der Waals surface area (Å²) in [6, 6.07) is 0. The summed E-state index contributed by atoms with van der Waals surface area (Å²) in [6.45, 7) is 3.48. The minimum atomic E-state index is -4.43. The van der Waals surface area contributed by atoms with E-state index in [2.05, 4.69) is 20.2 Å². The van der Waals surface area contributed by atoms with Gasteiger partial charge in [-0.15, -0.1) is 0 Å². The SMILES string of the molecule is CN1CCN(c2nc3c(c(C(F)(F)F)n2)CNC3)CC1. The molecule has 0 unspecified atom stereocenters. The van der Waals surface area contributed by atoms with Crippen LogP contribution in [-0.4, -0.2) is 48.1 Å². The maximum Gasteiger partial charge on any atom is 0.433 e. The van der Waals surface area contributed by atoms with E-state index in [1.807, 2.05) is 11.9 Å². The molecule has 3 heterocycles. The number of piperazine rings is 1. The fourth-order valence-electron chi connectivity index (χ4n) is 2.54. The largest absolute Gasteiger partial charge is 0.433 e. The lowest BCUT2D eigenvalue weighted by Gasteiger charge is -2.32. The molecule has 1 fully saturated rings. The van der Waals surface area contributed by atoms with Gasteiger partial charge in [-0.25, -0.2) is 9.97 Å². The topological polar surface area (TPSA) is 44.3 Å². The highest BCUT2D eigenvalue weighted by molar-refractivity contribution is 5.40. The van der Waals surface area contributed by atoms with Crippen LogP contribution in [-0.2, 0) is 19.3 Å². The summed E-state index contributed by atoms with van der Waals surface area (Å²) in [4.78, 5) is 12.1. The van der Waals surface area contributed by atoms with Gasteiger partial charge in [0, 0.05) is 44.8 Å². The van der Waals surface area contributed by atoms with Crippen molar-refractivity contribution in [3.05, 3.63) is 17.0 Å². The van der Waals surface area contributed by atoms with Gasteiger partial charge < -0.3 is 15.1 Å². The van der Waals surface area contributed by atoms with Crippen molar-refractivity contribution in [1.82, 2.24) is 20.2 Å². The highest BCUT2D eigenvalue weighted by Gasteiger charge is 2.39. The summed E-state index contributed by atoms with van der Waals surface area (Å²) >= 11 is 0. The van der Waals surface area contributed by atoms with Crippen molar-refractivity contribution in [2.24, 2.45) is 0 Å². The van der Waals surface area contributed by atoms with Gasteiger partial charge in [-0.1, -0.05) is 0 Å². The van der Waals surface area contributed by atoms with Crippen LogP contribution in [0.5, 0.6) is 0 Å². The van der Waals surface area contributed by atoms with Gasteiger partial charge in [0.05, 0.1) is 5.69 Å². The fraction of sp³-hybridized carbons (Fsp3) is 0.667. The van der Waals surface area contributed by atoms with Crippen LogP contribution in [0.1, 0.15) is 17.0 Å². The number of anilines is 1. The molecule has 0 radical (unpaired) electrons. The Labute approximate surface area is 114 Å². The predicted octanol–water partition coefficient (Wildman–Crippen LogP) is 0.850. The fourth-order valence-corrected chi connectivity index (χ4v) is 2.54. The molecule has 2 aliphatic heterocycles. The van der Waals surface area contributed by atoms with Gasteiger partial charge in [0.15, 0.2) is 5.69 Å². The first-order valence-corrected chi connectivity index (χ1v) is 6.56. The number of rotatable bonds is 1. The Kier molecular flexibility index (Phi) is 3.29. The second-order valence-electron chi connectivity index (χ2n) is 5.19. The number of likely N-dealkylation sites (N-methyl/N-ethyl adjacent to an activating group) is 1. The van der Waals surface area contributed by atoms with Crippen molar-refractivity contribution in [2.45, 2.75) is 19.3 Å². The molecule has 0 atom stereocenters. The average molecular weight is 287 g/mol. The third-order valence-corrected chi connectivity index (χ3v) is 3.73. The van der Waals surface area contributed by atoms with Crippen molar-refractivity contribution in [1.29, 1.82) is 0 Å². The van der Waals surface area contributed by atoms with Crippen LogP contribution in [0.25, 0.3) is 0 Å². The van der Waals surface area contributed by atoms with Gasteiger partial charge in [-0.2, -0.15) is 13.2 Å². The molecule has 1 N–H and O–H groups in total. The third-order valence-electron chi connectivity index (χ3n) is 3.73. The van der Waals surface area contributed by atoms with Gasteiger partial charge in [0.1, 0.15) is 0 Å². The molecule has 0 saturated carbocycles. The quantitative estimate of drug-likeness (QED) is 0.829. The first kappa shape index (κ1) is 13.6.